The molecule has 1 heterocycles. The fourth-order valence-corrected chi connectivity index (χ4v) is 3.78. The summed E-state index contributed by atoms with van der Waals surface area (Å²) in [6, 6.07) is 19.4. The lowest BCUT2D eigenvalue weighted by Crippen LogP contribution is -1.98. The van der Waals surface area contributed by atoms with E-state index in [1.165, 1.54) is 6.07 Å². The van der Waals surface area contributed by atoms with Crippen LogP contribution in [0.3, 0.4) is 0 Å². The summed E-state index contributed by atoms with van der Waals surface area (Å²) in [5.74, 6) is -0.633. The van der Waals surface area contributed by atoms with Crippen LogP contribution >= 0.6 is 39.1 Å². The van der Waals surface area contributed by atoms with Gasteiger partial charge in [0, 0.05) is 25.5 Å². The SMILES string of the molecule is O=C(N=Nc1c(O)n(Cc2ccc(Cl)cc2)c2ccc(Br)cc12)c1cccc(Cl)c1. The Balaban J connectivity index is 1.75. The van der Waals surface area contributed by atoms with E-state index in [1.54, 1.807) is 34.9 Å². The molecular formula is C22H14BrCl2N3O2. The maximum Gasteiger partial charge on any atom is 0.295 e. The van der Waals surface area contributed by atoms with Gasteiger partial charge < -0.3 is 9.67 Å². The van der Waals surface area contributed by atoms with Gasteiger partial charge in [0.15, 0.2) is 5.69 Å². The van der Waals surface area contributed by atoms with Crippen molar-refractivity contribution >= 4 is 61.6 Å². The fourth-order valence-electron chi connectivity index (χ4n) is 3.10. The molecule has 0 radical (unpaired) electrons. The number of amides is 1. The molecule has 0 spiro atoms. The topological polar surface area (TPSA) is 66.9 Å². The van der Waals surface area contributed by atoms with Crippen LogP contribution in [0, 0.1) is 0 Å². The van der Waals surface area contributed by atoms with Crippen LogP contribution in [0.2, 0.25) is 10.0 Å². The number of carbonyl (C=O) groups is 1. The van der Waals surface area contributed by atoms with Crippen molar-refractivity contribution in [3.05, 3.63) is 92.4 Å². The molecule has 5 nitrogen and oxygen atoms in total. The molecule has 0 saturated heterocycles. The standard InChI is InChI=1S/C22H14BrCl2N3O2/c23-15-6-9-19-18(11-15)20(26-27-21(29)14-2-1-3-17(25)10-14)22(30)28(19)12-13-4-7-16(24)8-5-13/h1-11,30H,12H2. The minimum atomic E-state index is -0.550. The number of rotatable bonds is 4. The second kappa shape index (κ2) is 8.60. The zero-order chi connectivity index (χ0) is 21.3. The lowest BCUT2D eigenvalue weighted by atomic mass is 10.2. The predicted octanol–water partition coefficient (Wildman–Crippen LogP) is 7.39. The van der Waals surface area contributed by atoms with E-state index < -0.39 is 5.91 Å². The van der Waals surface area contributed by atoms with E-state index in [1.807, 2.05) is 30.3 Å². The maximum absolute atomic E-state index is 12.4. The average molecular weight is 503 g/mol. The van der Waals surface area contributed by atoms with Gasteiger partial charge in [0.05, 0.1) is 12.1 Å². The summed E-state index contributed by atoms with van der Waals surface area (Å²) >= 11 is 15.3. The Kier molecular flexibility index (Phi) is 5.90. The first-order chi connectivity index (χ1) is 14.4. The molecule has 4 rings (SSSR count). The molecule has 4 aromatic rings. The van der Waals surface area contributed by atoms with Gasteiger partial charge in [-0.2, -0.15) is 0 Å². The van der Waals surface area contributed by atoms with Crippen LogP contribution in [0.1, 0.15) is 15.9 Å². The summed E-state index contributed by atoms with van der Waals surface area (Å²) in [5, 5.41) is 20.5. The molecule has 8 heteroatoms. The molecule has 0 unspecified atom stereocenters. The summed E-state index contributed by atoms with van der Waals surface area (Å²) in [7, 11) is 0. The molecule has 150 valence electrons. The molecule has 0 atom stereocenters. The average Bonchev–Trinajstić information content (AvgIpc) is 2.98. The number of aromatic nitrogens is 1. The van der Waals surface area contributed by atoms with E-state index in [0.29, 0.717) is 27.5 Å². The first-order valence-electron chi connectivity index (χ1n) is 8.89. The predicted molar refractivity (Wildman–Crippen MR) is 122 cm³/mol. The van der Waals surface area contributed by atoms with Crippen LogP contribution in [0.15, 0.2) is 81.4 Å². The van der Waals surface area contributed by atoms with Gasteiger partial charge in [0.1, 0.15) is 0 Å². The highest BCUT2D eigenvalue weighted by molar-refractivity contribution is 9.10. The number of azo groups is 1. The molecule has 0 aliphatic carbocycles. The molecular weight excluding hydrogens is 489 g/mol. The minimum absolute atomic E-state index is 0.0827. The van der Waals surface area contributed by atoms with Gasteiger partial charge in [-0.3, -0.25) is 4.79 Å². The Labute approximate surface area is 190 Å². The van der Waals surface area contributed by atoms with Crippen molar-refractivity contribution in [3.63, 3.8) is 0 Å². The van der Waals surface area contributed by atoms with Gasteiger partial charge >= 0.3 is 0 Å². The Morgan fingerprint density at radius 2 is 1.77 bits per heavy atom. The van der Waals surface area contributed by atoms with Crippen molar-refractivity contribution in [2.24, 2.45) is 10.2 Å². The van der Waals surface area contributed by atoms with E-state index in [9.17, 15) is 9.90 Å². The third-order valence-corrected chi connectivity index (χ3v) is 5.52. The van der Waals surface area contributed by atoms with Crippen LogP contribution in [0.25, 0.3) is 10.9 Å². The van der Waals surface area contributed by atoms with E-state index in [0.717, 1.165) is 15.6 Å². The smallest absolute Gasteiger partial charge is 0.295 e. The minimum Gasteiger partial charge on any atom is -0.493 e. The van der Waals surface area contributed by atoms with E-state index in [2.05, 4.69) is 26.2 Å². The summed E-state index contributed by atoms with van der Waals surface area (Å²) < 4.78 is 2.53. The molecule has 0 aliphatic heterocycles. The number of hydrogen-bond acceptors (Lipinski definition) is 3. The molecule has 0 fully saturated rings. The van der Waals surface area contributed by atoms with Crippen molar-refractivity contribution in [3.8, 4) is 5.88 Å². The number of halogens is 3. The van der Waals surface area contributed by atoms with E-state index in [4.69, 9.17) is 23.2 Å². The normalized spacial score (nSPS) is 11.4. The van der Waals surface area contributed by atoms with E-state index in [-0.39, 0.29) is 11.6 Å². The summed E-state index contributed by atoms with van der Waals surface area (Å²) in [4.78, 5) is 12.4. The second-order valence-corrected chi connectivity index (χ2v) is 8.35. The van der Waals surface area contributed by atoms with Gasteiger partial charge in [-0.1, -0.05) is 57.3 Å². The number of fused-ring (bicyclic) bond motifs is 1. The van der Waals surface area contributed by atoms with Crippen LogP contribution in [0.4, 0.5) is 5.69 Å². The summed E-state index contributed by atoms with van der Waals surface area (Å²) in [6.07, 6.45) is 0. The Hall–Kier alpha value is -2.67. The third kappa shape index (κ3) is 4.26. The highest BCUT2D eigenvalue weighted by atomic mass is 79.9. The highest BCUT2D eigenvalue weighted by Crippen LogP contribution is 2.40. The highest BCUT2D eigenvalue weighted by Gasteiger charge is 2.18. The molecule has 1 aromatic heterocycles. The van der Waals surface area contributed by atoms with Gasteiger partial charge in [-0.05, 0) is 54.1 Å². The fraction of sp³-hybridized carbons (Fsp3) is 0.0455. The third-order valence-electron chi connectivity index (χ3n) is 4.54. The zero-order valence-corrected chi connectivity index (χ0v) is 18.5. The van der Waals surface area contributed by atoms with Crippen molar-refractivity contribution in [1.82, 2.24) is 4.57 Å². The molecule has 0 saturated carbocycles. The van der Waals surface area contributed by atoms with Gasteiger partial charge in [-0.15, -0.1) is 10.2 Å². The quantitative estimate of drug-likeness (QED) is 0.295. The number of hydrogen-bond donors (Lipinski definition) is 1. The zero-order valence-electron chi connectivity index (χ0n) is 15.4. The Morgan fingerprint density at radius 3 is 2.50 bits per heavy atom. The first-order valence-corrected chi connectivity index (χ1v) is 10.4. The van der Waals surface area contributed by atoms with Gasteiger partial charge in [0.25, 0.3) is 5.91 Å². The van der Waals surface area contributed by atoms with Crippen LogP contribution in [-0.4, -0.2) is 15.6 Å². The number of nitrogens with zero attached hydrogens (tertiary/aromatic N) is 3. The molecule has 0 bridgehead atoms. The van der Waals surface area contributed by atoms with Crippen molar-refractivity contribution in [2.45, 2.75) is 6.54 Å². The second-order valence-electron chi connectivity index (χ2n) is 6.56. The number of carbonyl (C=O) groups excluding carboxylic acids is 1. The first kappa shape index (κ1) is 20.6. The summed E-state index contributed by atoms with van der Waals surface area (Å²) in [5.41, 5.74) is 2.25. The Morgan fingerprint density at radius 1 is 1.00 bits per heavy atom. The lowest BCUT2D eigenvalue weighted by Gasteiger charge is -2.07. The number of aromatic hydroxyl groups is 1. The lowest BCUT2D eigenvalue weighted by molar-refractivity contribution is 0.0995. The molecule has 30 heavy (non-hydrogen) atoms. The molecule has 0 aliphatic rings. The molecule has 1 amide bonds. The van der Waals surface area contributed by atoms with Crippen molar-refractivity contribution in [1.29, 1.82) is 0 Å². The largest absolute Gasteiger partial charge is 0.493 e. The van der Waals surface area contributed by atoms with Crippen molar-refractivity contribution in [2.75, 3.05) is 0 Å². The monoisotopic (exact) mass is 501 g/mol. The molecule has 3 aromatic carbocycles. The summed E-state index contributed by atoms with van der Waals surface area (Å²) in [6.45, 7) is 0.402. The number of benzene rings is 3. The molecule has 1 N–H and O–H groups in total. The van der Waals surface area contributed by atoms with Crippen LogP contribution in [-0.2, 0) is 6.54 Å². The van der Waals surface area contributed by atoms with Crippen LogP contribution < -0.4 is 0 Å². The van der Waals surface area contributed by atoms with E-state index >= 15 is 0 Å². The van der Waals surface area contributed by atoms with Crippen LogP contribution in [0.5, 0.6) is 5.88 Å². The van der Waals surface area contributed by atoms with Crippen molar-refractivity contribution < 1.29 is 9.90 Å². The van der Waals surface area contributed by atoms with Gasteiger partial charge in [-0.25, -0.2) is 0 Å². The maximum atomic E-state index is 12.4. The Bertz CT molecular complexity index is 1280. The van der Waals surface area contributed by atoms with Gasteiger partial charge in [0.2, 0.25) is 5.88 Å².